The maximum absolute atomic E-state index is 12.0. The van der Waals surface area contributed by atoms with E-state index in [2.05, 4.69) is 14.8 Å². The predicted molar refractivity (Wildman–Crippen MR) is 67.6 cm³/mol. The number of rotatable bonds is 6. The Morgan fingerprint density at radius 2 is 2.21 bits per heavy atom. The molecule has 0 aliphatic rings. The van der Waals surface area contributed by atoms with E-state index in [1.54, 1.807) is 24.4 Å². The minimum atomic E-state index is -3.61. The molecule has 0 saturated heterocycles. The van der Waals surface area contributed by atoms with Crippen LogP contribution in [0.4, 0.5) is 0 Å². The summed E-state index contributed by atoms with van der Waals surface area (Å²) in [7, 11) is -3.61. The molecule has 0 amide bonds. The maximum Gasteiger partial charge on any atom is 0.244 e. The summed E-state index contributed by atoms with van der Waals surface area (Å²) < 4.78 is 27.7. The molecule has 2 aromatic rings. The smallest absolute Gasteiger partial charge is 0.244 e. The van der Waals surface area contributed by atoms with Gasteiger partial charge in [-0.05, 0) is 12.1 Å². The summed E-state index contributed by atoms with van der Waals surface area (Å²) in [6.45, 7) is 0.284. The van der Waals surface area contributed by atoms with Gasteiger partial charge in [-0.1, -0.05) is 6.07 Å². The lowest BCUT2D eigenvalue weighted by molar-refractivity contribution is 0.269. The van der Waals surface area contributed by atoms with E-state index in [0.717, 1.165) is 0 Å². The Morgan fingerprint density at radius 1 is 1.37 bits per heavy atom. The van der Waals surface area contributed by atoms with Crippen molar-refractivity contribution in [2.75, 3.05) is 6.61 Å². The highest BCUT2D eigenvalue weighted by molar-refractivity contribution is 7.89. The molecule has 0 aromatic carbocycles. The molecule has 8 heteroatoms. The summed E-state index contributed by atoms with van der Waals surface area (Å²) in [4.78, 5) is 4.10. The molecule has 0 spiro atoms. The monoisotopic (exact) mass is 282 g/mol. The van der Waals surface area contributed by atoms with Crippen LogP contribution in [-0.4, -0.2) is 34.9 Å². The van der Waals surface area contributed by atoms with Crippen LogP contribution in [0.2, 0.25) is 0 Å². The number of aromatic nitrogens is 3. The quantitative estimate of drug-likeness (QED) is 0.761. The van der Waals surface area contributed by atoms with Gasteiger partial charge >= 0.3 is 0 Å². The van der Waals surface area contributed by atoms with Crippen molar-refractivity contribution >= 4 is 10.0 Å². The first-order valence-electron chi connectivity index (χ1n) is 5.65. The second-order valence-corrected chi connectivity index (χ2v) is 5.58. The van der Waals surface area contributed by atoms with Crippen LogP contribution in [-0.2, 0) is 23.1 Å². The third-order valence-electron chi connectivity index (χ3n) is 2.42. The molecule has 0 aliphatic carbocycles. The van der Waals surface area contributed by atoms with Gasteiger partial charge in [0.2, 0.25) is 10.0 Å². The Labute approximate surface area is 111 Å². The number of nitrogens with one attached hydrogen (secondary N) is 1. The van der Waals surface area contributed by atoms with Gasteiger partial charge in [0.05, 0.1) is 31.6 Å². The molecule has 2 aromatic heterocycles. The van der Waals surface area contributed by atoms with E-state index >= 15 is 0 Å². The lowest BCUT2D eigenvalue weighted by atomic mass is 10.4. The zero-order valence-corrected chi connectivity index (χ0v) is 10.9. The second-order valence-electron chi connectivity index (χ2n) is 3.81. The minimum absolute atomic E-state index is 0.0666. The van der Waals surface area contributed by atoms with E-state index in [1.807, 2.05) is 0 Å². The molecular weight excluding hydrogens is 268 g/mol. The number of pyridine rings is 1. The minimum Gasteiger partial charge on any atom is -0.394 e. The highest BCUT2D eigenvalue weighted by atomic mass is 32.2. The van der Waals surface area contributed by atoms with E-state index in [1.165, 1.54) is 17.1 Å². The number of aliphatic hydroxyl groups excluding tert-OH is 1. The van der Waals surface area contributed by atoms with Crippen LogP contribution in [0.15, 0.2) is 41.7 Å². The van der Waals surface area contributed by atoms with Crippen LogP contribution in [0.1, 0.15) is 5.69 Å². The van der Waals surface area contributed by atoms with Crippen LogP contribution >= 0.6 is 0 Å². The lowest BCUT2D eigenvalue weighted by Crippen LogP contribution is -2.23. The average molecular weight is 282 g/mol. The van der Waals surface area contributed by atoms with Crippen LogP contribution in [0.5, 0.6) is 0 Å². The first-order chi connectivity index (χ1) is 9.12. The van der Waals surface area contributed by atoms with E-state index in [-0.39, 0.29) is 24.6 Å². The molecule has 2 rings (SSSR count). The third kappa shape index (κ3) is 3.60. The van der Waals surface area contributed by atoms with Gasteiger partial charge in [0.25, 0.3) is 0 Å². The number of nitrogens with zero attached hydrogens (tertiary/aromatic N) is 3. The zero-order chi connectivity index (χ0) is 13.7. The molecule has 7 nitrogen and oxygen atoms in total. The van der Waals surface area contributed by atoms with Crippen molar-refractivity contribution in [2.45, 2.75) is 18.0 Å². The Bertz CT molecular complexity index is 624. The lowest BCUT2D eigenvalue weighted by Gasteiger charge is -2.03. The van der Waals surface area contributed by atoms with Gasteiger partial charge in [0, 0.05) is 12.4 Å². The fourth-order valence-electron chi connectivity index (χ4n) is 1.46. The molecule has 0 aliphatic heterocycles. The Balaban J connectivity index is 2.05. The van der Waals surface area contributed by atoms with Crippen molar-refractivity contribution in [3.05, 3.63) is 42.5 Å². The first-order valence-corrected chi connectivity index (χ1v) is 7.13. The van der Waals surface area contributed by atoms with Crippen molar-refractivity contribution in [2.24, 2.45) is 0 Å². The Hall–Kier alpha value is -1.77. The molecule has 2 heterocycles. The van der Waals surface area contributed by atoms with E-state index in [0.29, 0.717) is 5.69 Å². The molecule has 0 atom stereocenters. The number of sulfonamides is 1. The highest BCUT2D eigenvalue weighted by Gasteiger charge is 2.16. The van der Waals surface area contributed by atoms with Crippen molar-refractivity contribution in [3.8, 4) is 0 Å². The maximum atomic E-state index is 12.0. The van der Waals surface area contributed by atoms with Gasteiger partial charge < -0.3 is 5.11 Å². The molecular formula is C11H14N4O3S. The van der Waals surface area contributed by atoms with Gasteiger partial charge in [0.1, 0.15) is 4.90 Å². The van der Waals surface area contributed by atoms with Crippen molar-refractivity contribution in [1.29, 1.82) is 0 Å². The SMILES string of the molecule is O=S(=O)(NCc1ccccn1)c1cnn(CCO)c1. The summed E-state index contributed by atoms with van der Waals surface area (Å²) in [6, 6.07) is 5.28. The number of hydrogen-bond acceptors (Lipinski definition) is 5. The van der Waals surface area contributed by atoms with Crippen molar-refractivity contribution in [3.63, 3.8) is 0 Å². The molecule has 2 N–H and O–H groups in total. The topological polar surface area (TPSA) is 97.1 Å². The van der Waals surface area contributed by atoms with Crippen LogP contribution in [0.25, 0.3) is 0 Å². The van der Waals surface area contributed by atoms with Crippen LogP contribution in [0, 0.1) is 0 Å². The normalized spacial score (nSPS) is 11.6. The first kappa shape index (κ1) is 13.7. The predicted octanol–water partition coefficient (Wildman–Crippen LogP) is -0.251. The Morgan fingerprint density at radius 3 is 2.89 bits per heavy atom. The van der Waals surface area contributed by atoms with Gasteiger partial charge in [0.15, 0.2) is 0 Å². The Kier molecular flexibility index (Phi) is 4.25. The van der Waals surface area contributed by atoms with E-state index in [9.17, 15) is 8.42 Å². The summed E-state index contributed by atoms with van der Waals surface area (Å²) in [5, 5.41) is 12.6. The molecule has 0 bridgehead atoms. The summed E-state index contributed by atoms with van der Waals surface area (Å²) in [5.41, 5.74) is 0.633. The fourth-order valence-corrected chi connectivity index (χ4v) is 2.41. The molecule has 0 fully saturated rings. The standard InChI is InChI=1S/C11H14N4O3S/c16-6-5-15-9-11(8-13-15)19(17,18)14-7-10-3-1-2-4-12-10/h1-4,8-9,14,16H,5-7H2. The molecule has 19 heavy (non-hydrogen) atoms. The van der Waals surface area contributed by atoms with Crippen molar-refractivity contribution in [1.82, 2.24) is 19.5 Å². The third-order valence-corrected chi connectivity index (χ3v) is 3.77. The van der Waals surface area contributed by atoms with Gasteiger partial charge in [-0.25, -0.2) is 13.1 Å². The average Bonchev–Trinajstić information content (AvgIpc) is 2.88. The van der Waals surface area contributed by atoms with Crippen LogP contribution in [0.3, 0.4) is 0 Å². The summed E-state index contributed by atoms with van der Waals surface area (Å²) >= 11 is 0. The van der Waals surface area contributed by atoms with Gasteiger partial charge in [-0.2, -0.15) is 5.10 Å². The molecule has 102 valence electrons. The zero-order valence-electron chi connectivity index (χ0n) is 10.1. The summed E-state index contributed by atoms with van der Waals surface area (Å²) in [5.74, 6) is 0. The van der Waals surface area contributed by atoms with E-state index < -0.39 is 10.0 Å². The van der Waals surface area contributed by atoms with E-state index in [4.69, 9.17) is 5.11 Å². The van der Waals surface area contributed by atoms with Gasteiger partial charge in [-0.15, -0.1) is 0 Å². The molecule has 0 saturated carbocycles. The molecule has 0 unspecified atom stereocenters. The van der Waals surface area contributed by atoms with Crippen molar-refractivity contribution < 1.29 is 13.5 Å². The number of hydrogen-bond donors (Lipinski definition) is 2. The largest absolute Gasteiger partial charge is 0.394 e. The fraction of sp³-hybridized carbons (Fsp3) is 0.273. The van der Waals surface area contributed by atoms with Gasteiger partial charge in [-0.3, -0.25) is 9.67 Å². The summed E-state index contributed by atoms with van der Waals surface area (Å²) in [6.07, 6.45) is 4.22. The van der Waals surface area contributed by atoms with Crippen LogP contribution < -0.4 is 4.72 Å². The number of aliphatic hydroxyl groups is 1. The second kappa shape index (κ2) is 5.91. The highest BCUT2D eigenvalue weighted by Crippen LogP contribution is 2.07. The molecule has 0 radical (unpaired) electrons.